The molecule has 0 saturated carbocycles. The lowest BCUT2D eigenvalue weighted by atomic mass is 10.1. The third kappa shape index (κ3) is 5.95. The van der Waals surface area contributed by atoms with Gasteiger partial charge in [0.2, 0.25) is 5.91 Å². The van der Waals surface area contributed by atoms with Crippen molar-refractivity contribution >= 4 is 23.5 Å². The molecule has 0 heterocycles. The molecule has 0 atom stereocenters. The number of benzene rings is 2. The number of carbonyl (C=O) groups is 3. The van der Waals surface area contributed by atoms with Crippen LogP contribution in [0.1, 0.15) is 34.0 Å². The third-order valence-electron chi connectivity index (χ3n) is 4.05. The fraction of sp³-hybridized carbons (Fsp3) is 0.286. The molecular formula is C21H24N2O4. The van der Waals surface area contributed by atoms with Crippen molar-refractivity contribution in [1.82, 2.24) is 5.32 Å². The summed E-state index contributed by atoms with van der Waals surface area (Å²) >= 11 is 0. The predicted octanol–water partition coefficient (Wildman–Crippen LogP) is 2.78. The zero-order chi connectivity index (χ0) is 19.8. The molecule has 0 aliphatic rings. The summed E-state index contributed by atoms with van der Waals surface area (Å²) in [5, 5.41) is 5.20. The monoisotopic (exact) mass is 368 g/mol. The number of aryl methyl sites for hydroxylation is 3. The van der Waals surface area contributed by atoms with Crippen molar-refractivity contribution in [3.05, 3.63) is 64.7 Å². The van der Waals surface area contributed by atoms with Gasteiger partial charge in [0.15, 0.2) is 6.61 Å². The van der Waals surface area contributed by atoms with Crippen LogP contribution in [0.25, 0.3) is 0 Å². The van der Waals surface area contributed by atoms with E-state index < -0.39 is 18.5 Å². The van der Waals surface area contributed by atoms with Crippen LogP contribution in [-0.4, -0.2) is 30.9 Å². The molecule has 0 radical (unpaired) electrons. The van der Waals surface area contributed by atoms with Crippen LogP contribution in [-0.2, 0) is 20.7 Å². The number of hydrogen-bond acceptors (Lipinski definition) is 4. The van der Waals surface area contributed by atoms with Gasteiger partial charge in [0.05, 0.1) is 12.1 Å². The van der Waals surface area contributed by atoms with E-state index in [9.17, 15) is 14.4 Å². The molecule has 2 aromatic carbocycles. The molecule has 0 aromatic heterocycles. The summed E-state index contributed by atoms with van der Waals surface area (Å²) < 4.78 is 5.01. The van der Waals surface area contributed by atoms with Gasteiger partial charge in [-0.15, -0.1) is 0 Å². The van der Waals surface area contributed by atoms with E-state index in [2.05, 4.69) is 10.6 Å². The topological polar surface area (TPSA) is 84.5 Å². The second kappa shape index (κ2) is 9.52. The molecule has 2 amide bonds. The third-order valence-corrected chi connectivity index (χ3v) is 4.05. The molecule has 0 fully saturated rings. The Bertz CT molecular complexity index is 846. The summed E-state index contributed by atoms with van der Waals surface area (Å²) in [6, 6.07) is 12.8. The lowest BCUT2D eigenvalue weighted by Crippen LogP contribution is -2.35. The van der Waals surface area contributed by atoms with Gasteiger partial charge in [0.25, 0.3) is 5.91 Å². The largest absolute Gasteiger partial charge is 0.452 e. The predicted molar refractivity (Wildman–Crippen MR) is 104 cm³/mol. The highest BCUT2D eigenvalue weighted by atomic mass is 16.5. The number of amides is 2. The summed E-state index contributed by atoms with van der Waals surface area (Å²) in [7, 11) is 0. The number of nitrogens with one attached hydrogen (secondary N) is 2. The van der Waals surface area contributed by atoms with Gasteiger partial charge in [-0.1, -0.05) is 42.8 Å². The zero-order valence-electron chi connectivity index (χ0n) is 15.8. The SMILES string of the molecule is CCc1ccccc1NC(=O)CNC(=O)COC(=O)c1ccc(C)cc1C. The maximum absolute atomic E-state index is 12.0. The van der Waals surface area contributed by atoms with Crippen molar-refractivity contribution in [3.63, 3.8) is 0 Å². The van der Waals surface area contributed by atoms with E-state index in [1.165, 1.54) is 0 Å². The molecule has 2 rings (SSSR count). The first-order valence-corrected chi connectivity index (χ1v) is 8.79. The van der Waals surface area contributed by atoms with Gasteiger partial charge in [-0.25, -0.2) is 4.79 Å². The van der Waals surface area contributed by atoms with Crippen LogP contribution in [0.15, 0.2) is 42.5 Å². The Labute approximate surface area is 158 Å². The Hall–Kier alpha value is -3.15. The van der Waals surface area contributed by atoms with E-state index in [0.717, 1.165) is 28.8 Å². The van der Waals surface area contributed by atoms with Gasteiger partial charge >= 0.3 is 5.97 Å². The molecule has 0 aliphatic carbocycles. The first kappa shape index (κ1) is 20.2. The number of anilines is 1. The lowest BCUT2D eigenvalue weighted by Gasteiger charge is -2.11. The molecule has 6 nitrogen and oxygen atoms in total. The minimum atomic E-state index is -0.566. The summed E-state index contributed by atoms with van der Waals surface area (Å²) in [6.07, 6.45) is 0.789. The van der Waals surface area contributed by atoms with Gasteiger partial charge < -0.3 is 15.4 Å². The van der Waals surface area contributed by atoms with Crippen molar-refractivity contribution < 1.29 is 19.1 Å². The van der Waals surface area contributed by atoms with Crippen LogP contribution in [0, 0.1) is 13.8 Å². The molecule has 142 valence electrons. The molecule has 2 aromatic rings. The molecule has 27 heavy (non-hydrogen) atoms. The highest BCUT2D eigenvalue weighted by molar-refractivity contribution is 5.96. The molecule has 2 N–H and O–H groups in total. The maximum Gasteiger partial charge on any atom is 0.338 e. The van der Waals surface area contributed by atoms with E-state index in [4.69, 9.17) is 4.74 Å². The minimum Gasteiger partial charge on any atom is -0.452 e. The molecule has 0 aliphatic heterocycles. The van der Waals surface area contributed by atoms with E-state index in [1.54, 1.807) is 6.07 Å². The van der Waals surface area contributed by atoms with Crippen LogP contribution in [0.3, 0.4) is 0 Å². The molecule has 0 bridgehead atoms. The highest BCUT2D eigenvalue weighted by Gasteiger charge is 2.13. The van der Waals surface area contributed by atoms with Gasteiger partial charge in [-0.3, -0.25) is 9.59 Å². The fourth-order valence-corrected chi connectivity index (χ4v) is 2.63. The molecule has 0 saturated heterocycles. The number of ether oxygens (including phenoxy) is 1. The van der Waals surface area contributed by atoms with Crippen LogP contribution < -0.4 is 10.6 Å². The smallest absolute Gasteiger partial charge is 0.338 e. The van der Waals surface area contributed by atoms with E-state index in [-0.39, 0.29) is 12.5 Å². The maximum atomic E-state index is 12.0. The fourth-order valence-electron chi connectivity index (χ4n) is 2.63. The summed E-state index contributed by atoms with van der Waals surface area (Å²) in [4.78, 5) is 35.9. The number of para-hydroxylation sites is 1. The number of rotatable bonds is 7. The average molecular weight is 368 g/mol. The Morgan fingerprint density at radius 3 is 2.44 bits per heavy atom. The van der Waals surface area contributed by atoms with Crippen LogP contribution >= 0.6 is 0 Å². The highest BCUT2D eigenvalue weighted by Crippen LogP contribution is 2.15. The summed E-state index contributed by atoms with van der Waals surface area (Å²) in [5.41, 5.74) is 3.98. The van der Waals surface area contributed by atoms with Gasteiger partial charge in [0.1, 0.15) is 0 Å². The number of carbonyl (C=O) groups excluding carboxylic acids is 3. The average Bonchev–Trinajstić information content (AvgIpc) is 2.65. The number of hydrogen-bond donors (Lipinski definition) is 2. The van der Waals surface area contributed by atoms with Crippen molar-refractivity contribution in [2.45, 2.75) is 27.2 Å². The van der Waals surface area contributed by atoms with Crippen LogP contribution in [0.2, 0.25) is 0 Å². The summed E-state index contributed by atoms with van der Waals surface area (Å²) in [5.74, 6) is -1.44. The van der Waals surface area contributed by atoms with Crippen molar-refractivity contribution in [3.8, 4) is 0 Å². The Kier molecular flexibility index (Phi) is 7.11. The second-order valence-electron chi connectivity index (χ2n) is 6.23. The van der Waals surface area contributed by atoms with E-state index in [0.29, 0.717) is 5.56 Å². The van der Waals surface area contributed by atoms with Crippen LogP contribution in [0.5, 0.6) is 0 Å². The number of esters is 1. The van der Waals surface area contributed by atoms with Gasteiger partial charge in [0, 0.05) is 5.69 Å². The molecular weight excluding hydrogens is 344 g/mol. The molecule has 6 heteroatoms. The van der Waals surface area contributed by atoms with E-state index in [1.807, 2.05) is 57.2 Å². The lowest BCUT2D eigenvalue weighted by molar-refractivity contribution is -0.126. The Morgan fingerprint density at radius 1 is 1.00 bits per heavy atom. The zero-order valence-corrected chi connectivity index (χ0v) is 15.8. The van der Waals surface area contributed by atoms with Crippen molar-refractivity contribution in [1.29, 1.82) is 0 Å². The quantitative estimate of drug-likeness (QED) is 0.736. The Balaban J connectivity index is 1.78. The summed E-state index contributed by atoms with van der Waals surface area (Å²) in [6.45, 7) is 5.10. The van der Waals surface area contributed by atoms with Gasteiger partial charge in [-0.2, -0.15) is 0 Å². The first-order chi connectivity index (χ1) is 12.9. The second-order valence-corrected chi connectivity index (χ2v) is 6.23. The minimum absolute atomic E-state index is 0.196. The molecule has 0 unspecified atom stereocenters. The van der Waals surface area contributed by atoms with Crippen molar-refractivity contribution in [2.24, 2.45) is 0 Å². The standard InChI is InChI=1S/C21H24N2O4/c1-4-16-7-5-6-8-18(16)23-19(24)12-22-20(25)13-27-21(26)17-10-9-14(2)11-15(17)3/h5-11H,4,12-13H2,1-3H3,(H,22,25)(H,23,24). The Morgan fingerprint density at radius 2 is 1.74 bits per heavy atom. The first-order valence-electron chi connectivity index (χ1n) is 8.79. The van der Waals surface area contributed by atoms with Crippen molar-refractivity contribution in [2.75, 3.05) is 18.5 Å². The van der Waals surface area contributed by atoms with Crippen LogP contribution in [0.4, 0.5) is 5.69 Å². The van der Waals surface area contributed by atoms with Gasteiger partial charge in [-0.05, 0) is 43.5 Å². The van der Waals surface area contributed by atoms with E-state index >= 15 is 0 Å². The molecule has 0 spiro atoms. The normalized spacial score (nSPS) is 10.2.